The minimum atomic E-state index is -0.144. The lowest BCUT2D eigenvalue weighted by molar-refractivity contribution is -0.135. The van der Waals surface area contributed by atoms with Crippen molar-refractivity contribution in [3.8, 4) is 0 Å². The number of aromatic nitrogens is 1. The van der Waals surface area contributed by atoms with Crippen LogP contribution in [0.1, 0.15) is 31.4 Å². The minimum Gasteiger partial charge on any atom is -0.373 e. The average Bonchev–Trinajstić information content (AvgIpc) is 2.80. The number of rotatable bonds is 6. The molecule has 0 saturated carbocycles. The van der Waals surface area contributed by atoms with Gasteiger partial charge in [0.25, 0.3) is 0 Å². The number of pyridine rings is 1. The van der Waals surface area contributed by atoms with Gasteiger partial charge in [-0.05, 0) is 37.5 Å². The molecule has 1 amide bonds. The molecule has 1 aromatic heterocycles. The molecule has 0 bridgehead atoms. The third kappa shape index (κ3) is 5.18. The number of ether oxygens (including phenoxy) is 1. The summed E-state index contributed by atoms with van der Waals surface area (Å²) >= 11 is 0. The van der Waals surface area contributed by atoms with Gasteiger partial charge in [-0.3, -0.25) is 9.69 Å². The number of hydrogen-bond donors (Lipinski definition) is 1. The second kappa shape index (κ2) is 10.0. The van der Waals surface area contributed by atoms with E-state index in [1.54, 1.807) is 0 Å². The van der Waals surface area contributed by atoms with E-state index in [2.05, 4.69) is 45.2 Å². The fourth-order valence-corrected chi connectivity index (χ4v) is 4.50. The quantitative estimate of drug-likeness (QED) is 0.797. The molecule has 4 rings (SSSR count). The zero-order valence-corrected chi connectivity index (χ0v) is 17.7. The van der Waals surface area contributed by atoms with Crippen LogP contribution in [0.4, 0.5) is 5.82 Å². The zero-order valence-electron chi connectivity index (χ0n) is 17.7. The molecule has 2 fully saturated rings. The van der Waals surface area contributed by atoms with E-state index in [4.69, 9.17) is 4.74 Å². The van der Waals surface area contributed by atoms with Gasteiger partial charge in [-0.15, -0.1) is 0 Å². The van der Waals surface area contributed by atoms with Gasteiger partial charge in [-0.2, -0.15) is 0 Å². The van der Waals surface area contributed by atoms with Gasteiger partial charge in [0, 0.05) is 51.6 Å². The highest BCUT2D eigenvalue weighted by molar-refractivity contribution is 5.79. The van der Waals surface area contributed by atoms with Crippen molar-refractivity contribution in [2.75, 3.05) is 44.2 Å². The summed E-state index contributed by atoms with van der Waals surface area (Å²) in [6.45, 7) is 7.58. The number of piperazine rings is 1. The van der Waals surface area contributed by atoms with Crippen LogP contribution in [0, 0.1) is 5.92 Å². The first-order chi connectivity index (χ1) is 14.7. The molecule has 6 nitrogen and oxygen atoms in total. The average molecular weight is 409 g/mol. The summed E-state index contributed by atoms with van der Waals surface area (Å²) < 4.78 is 6.00. The maximum absolute atomic E-state index is 13.0. The van der Waals surface area contributed by atoms with Crippen LogP contribution in [0.3, 0.4) is 0 Å². The Morgan fingerprint density at radius 1 is 1.13 bits per heavy atom. The molecule has 0 radical (unpaired) electrons. The summed E-state index contributed by atoms with van der Waals surface area (Å²) in [4.78, 5) is 22.2. The lowest BCUT2D eigenvalue weighted by atomic mass is 9.88. The first-order valence-electron chi connectivity index (χ1n) is 11.1. The van der Waals surface area contributed by atoms with Crippen molar-refractivity contribution in [3.05, 3.63) is 60.3 Å². The molecule has 0 aliphatic carbocycles. The lowest BCUT2D eigenvalue weighted by Gasteiger charge is -2.37. The third-order valence-corrected chi connectivity index (χ3v) is 6.05. The van der Waals surface area contributed by atoms with Gasteiger partial charge in [-0.25, -0.2) is 4.98 Å². The molecule has 6 heteroatoms. The number of nitrogens with one attached hydrogen (secondary N) is 1. The first kappa shape index (κ1) is 20.8. The van der Waals surface area contributed by atoms with Gasteiger partial charge in [0.2, 0.25) is 5.91 Å². The molecular weight excluding hydrogens is 376 g/mol. The molecule has 1 N–H and O–H groups in total. The van der Waals surface area contributed by atoms with E-state index in [9.17, 15) is 4.79 Å². The summed E-state index contributed by atoms with van der Waals surface area (Å²) in [5.41, 5.74) is 1.09. The summed E-state index contributed by atoms with van der Waals surface area (Å²) in [5, 5.41) is 3.25. The van der Waals surface area contributed by atoms with Gasteiger partial charge >= 0.3 is 0 Å². The highest BCUT2D eigenvalue weighted by Crippen LogP contribution is 2.33. The van der Waals surface area contributed by atoms with E-state index in [0.29, 0.717) is 0 Å². The maximum Gasteiger partial charge on any atom is 0.226 e. The Kier molecular flexibility index (Phi) is 6.97. The van der Waals surface area contributed by atoms with E-state index in [0.717, 1.165) is 63.6 Å². The number of nitrogens with zero attached hydrogens (tertiary/aromatic N) is 3. The second-order valence-corrected chi connectivity index (χ2v) is 8.34. The maximum atomic E-state index is 13.0. The molecule has 1 aromatic carbocycles. The van der Waals surface area contributed by atoms with Crippen LogP contribution in [-0.4, -0.2) is 61.2 Å². The Labute approximate surface area is 179 Å². The van der Waals surface area contributed by atoms with Crippen molar-refractivity contribution in [2.45, 2.75) is 31.9 Å². The molecule has 30 heavy (non-hydrogen) atoms. The van der Waals surface area contributed by atoms with E-state index in [1.165, 1.54) is 0 Å². The fourth-order valence-electron chi connectivity index (χ4n) is 4.50. The van der Waals surface area contributed by atoms with E-state index >= 15 is 0 Å². The number of amides is 1. The van der Waals surface area contributed by atoms with Gasteiger partial charge in [0.05, 0.1) is 12.0 Å². The second-order valence-electron chi connectivity index (χ2n) is 8.34. The van der Waals surface area contributed by atoms with Crippen molar-refractivity contribution in [2.24, 2.45) is 5.92 Å². The van der Waals surface area contributed by atoms with Crippen molar-refractivity contribution < 1.29 is 9.53 Å². The zero-order chi connectivity index (χ0) is 20.8. The number of carbonyl (C=O) groups is 1. The van der Waals surface area contributed by atoms with Crippen LogP contribution in [0.5, 0.6) is 0 Å². The lowest BCUT2D eigenvalue weighted by Crippen LogP contribution is -2.52. The summed E-state index contributed by atoms with van der Waals surface area (Å²) in [7, 11) is 0. The Morgan fingerprint density at radius 2 is 1.90 bits per heavy atom. The normalized spacial score (nSPS) is 23.7. The van der Waals surface area contributed by atoms with Crippen LogP contribution in [0.2, 0.25) is 0 Å². The first-order valence-corrected chi connectivity index (χ1v) is 11.1. The summed E-state index contributed by atoms with van der Waals surface area (Å²) in [6, 6.07) is 16.3. The highest BCUT2D eigenvalue weighted by atomic mass is 16.5. The standard InChI is InChI=1S/C24H32N4O2/c1-19(18-27-13-15-28(16-14-27)22-11-5-6-12-25-22)26-24(29)21-10-7-17-30-23(21)20-8-3-2-4-9-20/h2-6,8-9,11-12,19,21,23H,7,10,13-18H2,1H3,(H,26,29). The summed E-state index contributed by atoms with van der Waals surface area (Å²) in [6.07, 6.45) is 3.51. The molecule has 2 aliphatic heterocycles. The van der Waals surface area contributed by atoms with Crippen LogP contribution in [-0.2, 0) is 9.53 Å². The molecule has 3 unspecified atom stereocenters. The van der Waals surface area contributed by atoms with Crippen LogP contribution in [0.25, 0.3) is 0 Å². The SMILES string of the molecule is CC(CN1CCN(c2ccccn2)CC1)NC(=O)C1CCCOC1c1ccccc1. The molecule has 2 saturated heterocycles. The Bertz CT molecular complexity index is 793. The van der Waals surface area contributed by atoms with E-state index < -0.39 is 0 Å². The smallest absolute Gasteiger partial charge is 0.226 e. The Balaban J connectivity index is 1.27. The van der Waals surface area contributed by atoms with Crippen LogP contribution < -0.4 is 10.2 Å². The monoisotopic (exact) mass is 408 g/mol. The van der Waals surface area contributed by atoms with Gasteiger partial charge in [0.15, 0.2) is 0 Å². The van der Waals surface area contributed by atoms with E-state index in [-0.39, 0.29) is 24.0 Å². The van der Waals surface area contributed by atoms with Crippen LogP contribution in [0.15, 0.2) is 54.7 Å². The van der Waals surface area contributed by atoms with Crippen LogP contribution >= 0.6 is 0 Å². The number of benzene rings is 1. The van der Waals surface area contributed by atoms with Crippen molar-refractivity contribution in [1.29, 1.82) is 0 Å². The molecule has 3 atom stereocenters. The molecule has 3 heterocycles. The number of carbonyl (C=O) groups excluding carboxylic acids is 1. The highest BCUT2D eigenvalue weighted by Gasteiger charge is 2.33. The number of hydrogen-bond acceptors (Lipinski definition) is 5. The number of anilines is 1. The molecule has 2 aliphatic rings. The predicted molar refractivity (Wildman–Crippen MR) is 118 cm³/mol. The molecule has 0 spiro atoms. The fraction of sp³-hybridized carbons (Fsp3) is 0.500. The predicted octanol–water partition coefficient (Wildman–Crippen LogP) is 2.88. The molecule has 160 valence electrons. The molecule has 2 aromatic rings. The molecular formula is C24H32N4O2. The summed E-state index contributed by atoms with van der Waals surface area (Å²) in [5.74, 6) is 1.04. The largest absolute Gasteiger partial charge is 0.373 e. The van der Waals surface area contributed by atoms with Crippen molar-refractivity contribution >= 4 is 11.7 Å². The Morgan fingerprint density at radius 3 is 2.63 bits per heavy atom. The third-order valence-electron chi connectivity index (χ3n) is 6.05. The Hall–Kier alpha value is -2.44. The van der Waals surface area contributed by atoms with Gasteiger partial charge in [-0.1, -0.05) is 36.4 Å². The minimum absolute atomic E-state index is 0.109. The van der Waals surface area contributed by atoms with Crippen molar-refractivity contribution in [3.63, 3.8) is 0 Å². The topological polar surface area (TPSA) is 57.7 Å². The van der Waals surface area contributed by atoms with Gasteiger partial charge in [0.1, 0.15) is 5.82 Å². The van der Waals surface area contributed by atoms with Crippen molar-refractivity contribution in [1.82, 2.24) is 15.2 Å². The van der Waals surface area contributed by atoms with E-state index in [1.807, 2.05) is 36.5 Å². The van der Waals surface area contributed by atoms with Gasteiger partial charge < -0.3 is 15.0 Å².